The van der Waals surface area contributed by atoms with E-state index in [0.717, 1.165) is 31.4 Å². The van der Waals surface area contributed by atoms with Gasteiger partial charge < -0.3 is 14.8 Å². The molecule has 2 aromatic carbocycles. The topological polar surface area (TPSA) is 84.9 Å². The molecule has 11 heteroatoms. The summed E-state index contributed by atoms with van der Waals surface area (Å²) in [6.07, 6.45) is -1.90. The molecule has 0 atom stereocenters. The molecule has 7 nitrogen and oxygen atoms in total. The smallest absolute Gasteiger partial charge is 0.496 e. The van der Waals surface area contributed by atoms with Crippen LogP contribution in [-0.4, -0.2) is 45.2 Å². The lowest BCUT2D eigenvalue weighted by molar-refractivity contribution is -0.274. The number of piperidine rings is 1. The molecule has 1 fully saturated rings. The highest BCUT2D eigenvalue weighted by Gasteiger charge is 2.31. The van der Waals surface area contributed by atoms with Gasteiger partial charge in [0.2, 0.25) is 15.9 Å². The summed E-state index contributed by atoms with van der Waals surface area (Å²) in [6, 6.07) is 9.39. The maximum absolute atomic E-state index is 13.0. The fraction of sp³-hybridized carbons (Fsp3) is 0.409. The summed E-state index contributed by atoms with van der Waals surface area (Å²) in [5.41, 5.74) is 0.877. The monoisotopic (exact) mass is 486 g/mol. The number of halogens is 3. The normalized spacial score (nSPS) is 15.2. The van der Waals surface area contributed by atoms with Crippen LogP contribution in [0.25, 0.3) is 0 Å². The zero-order valence-corrected chi connectivity index (χ0v) is 18.8. The fourth-order valence-corrected chi connectivity index (χ4v) is 5.14. The van der Waals surface area contributed by atoms with Crippen LogP contribution in [0.4, 0.5) is 18.9 Å². The molecule has 0 spiro atoms. The molecule has 2 aromatic rings. The zero-order valence-electron chi connectivity index (χ0n) is 18.0. The lowest BCUT2D eigenvalue weighted by atomic mass is 10.1. The van der Waals surface area contributed by atoms with Gasteiger partial charge in [-0.25, -0.2) is 8.42 Å². The quantitative estimate of drug-likeness (QED) is 0.600. The van der Waals surface area contributed by atoms with Crippen molar-refractivity contribution in [1.29, 1.82) is 0 Å². The summed E-state index contributed by atoms with van der Waals surface area (Å²) in [5.74, 6) is -0.308. The second kappa shape index (κ2) is 10.4. The van der Waals surface area contributed by atoms with Crippen LogP contribution in [-0.2, 0) is 21.2 Å². The highest BCUT2D eigenvalue weighted by Crippen LogP contribution is 2.28. The number of methoxy groups -OCH3 is 1. The summed E-state index contributed by atoms with van der Waals surface area (Å²) < 4.78 is 73.2. The summed E-state index contributed by atoms with van der Waals surface area (Å²) in [4.78, 5) is 12.5. The standard InChI is InChI=1S/C22H25F3N2O5S/c1-31-20-11-10-19(33(29,30)27-13-3-2-4-14-27)15-16(20)5-12-21(28)26-17-6-8-18(9-7-17)32-22(23,24)25/h6-11,15H,2-5,12-14H2,1H3,(H,26,28). The minimum atomic E-state index is -4.79. The Morgan fingerprint density at radius 2 is 1.73 bits per heavy atom. The van der Waals surface area contributed by atoms with Crippen molar-refractivity contribution in [1.82, 2.24) is 4.31 Å². The lowest BCUT2D eigenvalue weighted by Crippen LogP contribution is -2.35. The Labute approximate surface area is 190 Å². The van der Waals surface area contributed by atoms with Gasteiger partial charge in [-0.15, -0.1) is 13.2 Å². The minimum Gasteiger partial charge on any atom is -0.496 e. The number of ether oxygens (including phenoxy) is 2. The van der Waals surface area contributed by atoms with Crippen LogP contribution in [0.3, 0.4) is 0 Å². The Morgan fingerprint density at radius 3 is 2.33 bits per heavy atom. The molecule has 1 N–H and O–H groups in total. The van der Waals surface area contributed by atoms with Crippen molar-refractivity contribution < 1.29 is 35.9 Å². The van der Waals surface area contributed by atoms with Crippen molar-refractivity contribution in [2.75, 3.05) is 25.5 Å². The number of anilines is 1. The second-order valence-corrected chi connectivity index (χ2v) is 9.50. The first-order chi connectivity index (χ1) is 15.6. The molecule has 0 aliphatic carbocycles. The third kappa shape index (κ3) is 6.84. The number of carbonyl (C=O) groups excluding carboxylic acids is 1. The van der Waals surface area contributed by atoms with Crippen molar-refractivity contribution in [2.45, 2.75) is 43.4 Å². The molecule has 1 amide bonds. The van der Waals surface area contributed by atoms with Crippen LogP contribution in [0, 0.1) is 0 Å². The van der Waals surface area contributed by atoms with E-state index in [0.29, 0.717) is 30.1 Å². The first-order valence-electron chi connectivity index (χ1n) is 10.4. The fourth-order valence-electron chi connectivity index (χ4n) is 3.58. The number of nitrogens with zero attached hydrogens (tertiary/aromatic N) is 1. The largest absolute Gasteiger partial charge is 0.573 e. The van der Waals surface area contributed by atoms with Crippen LogP contribution in [0.1, 0.15) is 31.2 Å². The Bertz CT molecular complexity index is 1070. The minimum absolute atomic E-state index is 0.0182. The maximum atomic E-state index is 13.0. The molecule has 0 saturated carbocycles. The number of benzene rings is 2. The average Bonchev–Trinajstić information content (AvgIpc) is 2.78. The number of rotatable bonds is 8. The highest BCUT2D eigenvalue weighted by atomic mass is 32.2. The van der Waals surface area contributed by atoms with Crippen molar-refractivity contribution in [3.63, 3.8) is 0 Å². The Balaban J connectivity index is 1.65. The average molecular weight is 487 g/mol. The van der Waals surface area contributed by atoms with Gasteiger partial charge in [-0.3, -0.25) is 4.79 Å². The number of carbonyl (C=O) groups is 1. The second-order valence-electron chi connectivity index (χ2n) is 7.56. The van der Waals surface area contributed by atoms with Gasteiger partial charge in [-0.2, -0.15) is 4.31 Å². The molecule has 0 unspecified atom stereocenters. The number of hydrogen-bond acceptors (Lipinski definition) is 5. The van der Waals surface area contributed by atoms with Gasteiger partial charge in [-0.1, -0.05) is 6.42 Å². The molecule has 1 heterocycles. The number of aryl methyl sites for hydroxylation is 1. The van der Waals surface area contributed by atoms with Crippen LogP contribution >= 0.6 is 0 Å². The van der Waals surface area contributed by atoms with Gasteiger partial charge in [0.25, 0.3) is 0 Å². The Hall–Kier alpha value is -2.79. The summed E-state index contributed by atoms with van der Waals surface area (Å²) in [6.45, 7) is 0.970. The van der Waals surface area contributed by atoms with Crippen LogP contribution in [0.15, 0.2) is 47.4 Å². The van der Waals surface area contributed by atoms with E-state index in [2.05, 4.69) is 10.1 Å². The van der Waals surface area contributed by atoms with Crippen molar-refractivity contribution >= 4 is 21.6 Å². The van der Waals surface area contributed by atoms with Gasteiger partial charge in [-0.05, 0) is 67.3 Å². The lowest BCUT2D eigenvalue weighted by Gasteiger charge is -2.26. The molecule has 0 bridgehead atoms. The van der Waals surface area contributed by atoms with Crippen LogP contribution in [0.2, 0.25) is 0 Å². The summed E-state index contributed by atoms with van der Waals surface area (Å²) in [5, 5.41) is 2.59. The Morgan fingerprint density at radius 1 is 1.06 bits per heavy atom. The first kappa shape index (κ1) is 24.8. The Kier molecular flexibility index (Phi) is 7.85. The van der Waals surface area contributed by atoms with Gasteiger partial charge in [0.15, 0.2) is 0 Å². The van der Waals surface area contributed by atoms with E-state index in [4.69, 9.17) is 4.74 Å². The molecule has 1 saturated heterocycles. The first-order valence-corrected chi connectivity index (χ1v) is 11.9. The SMILES string of the molecule is COc1ccc(S(=O)(=O)N2CCCCC2)cc1CCC(=O)Nc1ccc(OC(F)(F)F)cc1. The van der Waals surface area contributed by atoms with Gasteiger partial charge >= 0.3 is 6.36 Å². The molecule has 3 rings (SSSR count). The number of sulfonamides is 1. The molecule has 0 radical (unpaired) electrons. The third-order valence-corrected chi connectivity index (χ3v) is 7.09. The van der Waals surface area contributed by atoms with Crippen molar-refractivity contribution in [3.05, 3.63) is 48.0 Å². The molecular formula is C22H25F3N2O5S. The van der Waals surface area contributed by atoms with E-state index in [9.17, 15) is 26.4 Å². The van der Waals surface area contributed by atoms with Crippen molar-refractivity contribution in [3.8, 4) is 11.5 Å². The van der Waals surface area contributed by atoms with Crippen molar-refractivity contribution in [2.24, 2.45) is 0 Å². The summed E-state index contributed by atoms with van der Waals surface area (Å²) in [7, 11) is -2.17. The maximum Gasteiger partial charge on any atom is 0.573 e. The van der Waals surface area contributed by atoms with Crippen LogP contribution in [0.5, 0.6) is 11.5 Å². The molecule has 33 heavy (non-hydrogen) atoms. The molecule has 0 aromatic heterocycles. The van der Waals surface area contributed by atoms with E-state index in [1.807, 2.05) is 0 Å². The number of nitrogens with one attached hydrogen (secondary N) is 1. The van der Waals surface area contributed by atoms with E-state index < -0.39 is 22.1 Å². The molecule has 1 aliphatic rings. The number of alkyl halides is 3. The predicted molar refractivity (Wildman–Crippen MR) is 116 cm³/mol. The van der Waals surface area contributed by atoms with Gasteiger partial charge in [0.05, 0.1) is 12.0 Å². The van der Waals surface area contributed by atoms with E-state index in [-0.39, 0.29) is 23.6 Å². The van der Waals surface area contributed by atoms with E-state index in [1.165, 1.54) is 35.7 Å². The van der Waals surface area contributed by atoms with Gasteiger partial charge in [0.1, 0.15) is 11.5 Å². The molecular weight excluding hydrogens is 461 g/mol. The number of amides is 1. The van der Waals surface area contributed by atoms with E-state index in [1.54, 1.807) is 6.07 Å². The molecule has 1 aliphatic heterocycles. The van der Waals surface area contributed by atoms with E-state index >= 15 is 0 Å². The number of hydrogen-bond donors (Lipinski definition) is 1. The molecule has 180 valence electrons. The zero-order chi connectivity index (χ0) is 24.1. The van der Waals surface area contributed by atoms with Crippen LogP contribution < -0.4 is 14.8 Å². The van der Waals surface area contributed by atoms with Gasteiger partial charge in [0, 0.05) is 25.2 Å². The predicted octanol–water partition coefficient (Wildman–Crippen LogP) is 4.34. The summed E-state index contributed by atoms with van der Waals surface area (Å²) >= 11 is 0. The third-order valence-electron chi connectivity index (χ3n) is 5.20. The highest BCUT2D eigenvalue weighted by molar-refractivity contribution is 7.89.